The molecule has 1 fully saturated rings. The fourth-order valence-electron chi connectivity index (χ4n) is 2.70. The number of rotatable bonds is 6. The summed E-state index contributed by atoms with van der Waals surface area (Å²) in [6.45, 7) is 4.22. The summed E-state index contributed by atoms with van der Waals surface area (Å²) >= 11 is 0. The molecule has 0 aromatic heterocycles. The summed E-state index contributed by atoms with van der Waals surface area (Å²) in [7, 11) is -1.77. The van der Waals surface area contributed by atoms with Crippen LogP contribution in [0.1, 0.15) is 18.5 Å². The van der Waals surface area contributed by atoms with Crippen molar-refractivity contribution >= 4 is 10.0 Å². The van der Waals surface area contributed by atoms with Gasteiger partial charge in [-0.3, -0.25) is 4.90 Å². The highest BCUT2D eigenvalue weighted by Gasteiger charge is 2.29. The molecule has 2 rings (SSSR count). The number of sulfonamides is 1. The van der Waals surface area contributed by atoms with Crippen LogP contribution in [0.3, 0.4) is 0 Å². The average molecular weight is 330 g/mol. The van der Waals surface area contributed by atoms with E-state index in [1.54, 1.807) is 12.1 Å². The molecule has 124 valence electrons. The lowest BCUT2D eigenvalue weighted by atomic mass is 10.1. The third-order valence-electron chi connectivity index (χ3n) is 4.12. The number of methoxy groups -OCH3 is 1. The molecular formula is C15H23FN2O3S. The van der Waals surface area contributed by atoms with E-state index < -0.39 is 10.0 Å². The van der Waals surface area contributed by atoms with E-state index >= 15 is 0 Å². The van der Waals surface area contributed by atoms with E-state index in [1.807, 2.05) is 13.0 Å². The molecule has 0 radical (unpaired) electrons. The van der Waals surface area contributed by atoms with Gasteiger partial charge in [0, 0.05) is 44.9 Å². The van der Waals surface area contributed by atoms with Crippen molar-refractivity contribution in [2.45, 2.75) is 13.0 Å². The Hall–Kier alpha value is -1.02. The predicted molar refractivity (Wildman–Crippen MR) is 83.6 cm³/mol. The lowest BCUT2D eigenvalue weighted by molar-refractivity contribution is 0.142. The molecule has 22 heavy (non-hydrogen) atoms. The molecule has 1 aromatic carbocycles. The highest BCUT2D eigenvalue weighted by Crippen LogP contribution is 2.24. The topological polar surface area (TPSA) is 49.9 Å². The van der Waals surface area contributed by atoms with Crippen molar-refractivity contribution in [1.82, 2.24) is 9.21 Å². The first kappa shape index (κ1) is 17.3. The molecule has 0 bridgehead atoms. The van der Waals surface area contributed by atoms with Gasteiger partial charge in [0.2, 0.25) is 10.0 Å². The minimum absolute atomic E-state index is 0.00632. The van der Waals surface area contributed by atoms with E-state index in [2.05, 4.69) is 4.90 Å². The van der Waals surface area contributed by atoms with Crippen LogP contribution >= 0.6 is 0 Å². The number of benzene rings is 1. The van der Waals surface area contributed by atoms with Crippen LogP contribution in [-0.4, -0.2) is 63.3 Å². The summed E-state index contributed by atoms with van der Waals surface area (Å²) in [4.78, 5) is 2.11. The first-order valence-corrected chi connectivity index (χ1v) is 9.02. The highest BCUT2D eigenvalue weighted by molar-refractivity contribution is 7.89. The van der Waals surface area contributed by atoms with Gasteiger partial charge in [0.25, 0.3) is 0 Å². The lowest BCUT2D eigenvalue weighted by Gasteiger charge is -2.37. The summed E-state index contributed by atoms with van der Waals surface area (Å²) in [5, 5.41) is 0. The van der Waals surface area contributed by atoms with Crippen molar-refractivity contribution in [2.24, 2.45) is 0 Å². The maximum absolute atomic E-state index is 13.9. The van der Waals surface area contributed by atoms with Gasteiger partial charge in [0.05, 0.1) is 12.4 Å². The van der Waals surface area contributed by atoms with Crippen molar-refractivity contribution < 1.29 is 17.5 Å². The van der Waals surface area contributed by atoms with E-state index in [0.717, 1.165) is 0 Å². The SMILES string of the molecule is COCCS(=O)(=O)N1CCN([C@@H](C)c2ccccc2F)CC1. The van der Waals surface area contributed by atoms with Gasteiger partial charge >= 0.3 is 0 Å². The molecule has 0 unspecified atom stereocenters. The first-order chi connectivity index (χ1) is 10.5. The van der Waals surface area contributed by atoms with E-state index in [0.29, 0.717) is 31.7 Å². The van der Waals surface area contributed by atoms with E-state index in [1.165, 1.54) is 17.5 Å². The number of piperazine rings is 1. The molecule has 0 aliphatic carbocycles. The quantitative estimate of drug-likeness (QED) is 0.793. The fraction of sp³-hybridized carbons (Fsp3) is 0.600. The van der Waals surface area contributed by atoms with Crippen LogP contribution in [0.2, 0.25) is 0 Å². The second-order valence-electron chi connectivity index (χ2n) is 5.44. The van der Waals surface area contributed by atoms with Gasteiger partial charge < -0.3 is 4.74 Å². The smallest absolute Gasteiger partial charge is 0.216 e. The third kappa shape index (κ3) is 4.04. The Labute approximate surface area is 131 Å². The molecule has 1 heterocycles. The minimum atomic E-state index is -3.26. The van der Waals surface area contributed by atoms with Crippen molar-refractivity contribution in [3.8, 4) is 0 Å². The molecule has 0 N–H and O–H groups in total. The Morgan fingerprint density at radius 2 is 1.86 bits per heavy atom. The van der Waals surface area contributed by atoms with Crippen LogP contribution in [-0.2, 0) is 14.8 Å². The molecule has 0 spiro atoms. The molecule has 5 nitrogen and oxygen atoms in total. The largest absolute Gasteiger partial charge is 0.384 e. The maximum Gasteiger partial charge on any atom is 0.216 e. The summed E-state index contributed by atoms with van der Waals surface area (Å²) in [6, 6.07) is 6.66. The molecule has 1 aliphatic heterocycles. The Balaban J connectivity index is 1.96. The van der Waals surface area contributed by atoms with Gasteiger partial charge in [0.1, 0.15) is 5.82 Å². The zero-order valence-corrected chi connectivity index (χ0v) is 13.9. The molecule has 7 heteroatoms. The Morgan fingerprint density at radius 3 is 2.45 bits per heavy atom. The van der Waals surface area contributed by atoms with Crippen molar-refractivity contribution in [1.29, 1.82) is 0 Å². The van der Waals surface area contributed by atoms with Gasteiger partial charge in [0.15, 0.2) is 0 Å². The normalized spacial score (nSPS) is 19.2. The molecule has 0 amide bonds. The number of hydrogen-bond acceptors (Lipinski definition) is 4. The molecule has 0 saturated carbocycles. The second-order valence-corrected chi connectivity index (χ2v) is 7.53. The highest BCUT2D eigenvalue weighted by atomic mass is 32.2. The van der Waals surface area contributed by atoms with Gasteiger partial charge in [-0.05, 0) is 13.0 Å². The monoisotopic (exact) mass is 330 g/mol. The number of hydrogen-bond donors (Lipinski definition) is 0. The number of halogens is 1. The molecule has 1 aliphatic rings. The fourth-order valence-corrected chi connectivity index (χ4v) is 4.05. The lowest BCUT2D eigenvalue weighted by Crippen LogP contribution is -2.50. The summed E-state index contributed by atoms with van der Waals surface area (Å²) in [6.07, 6.45) is 0. The zero-order valence-electron chi connectivity index (χ0n) is 13.0. The summed E-state index contributed by atoms with van der Waals surface area (Å²) in [5.41, 5.74) is 0.651. The first-order valence-electron chi connectivity index (χ1n) is 7.41. The predicted octanol–water partition coefficient (Wildman–Crippen LogP) is 1.48. The molecule has 1 aromatic rings. The number of nitrogens with zero attached hydrogens (tertiary/aromatic N) is 2. The number of ether oxygens (including phenoxy) is 1. The van der Waals surface area contributed by atoms with E-state index in [4.69, 9.17) is 4.74 Å². The molecule has 1 atom stereocenters. The van der Waals surface area contributed by atoms with E-state index in [-0.39, 0.29) is 24.2 Å². The van der Waals surface area contributed by atoms with Crippen molar-refractivity contribution in [2.75, 3.05) is 45.6 Å². The van der Waals surface area contributed by atoms with Crippen molar-refractivity contribution in [3.05, 3.63) is 35.6 Å². The van der Waals surface area contributed by atoms with E-state index in [9.17, 15) is 12.8 Å². The second kappa shape index (κ2) is 7.50. The van der Waals surface area contributed by atoms with Crippen LogP contribution in [0.4, 0.5) is 4.39 Å². The third-order valence-corrected chi connectivity index (χ3v) is 5.95. The summed E-state index contributed by atoms with van der Waals surface area (Å²) < 4.78 is 44.4. The maximum atomic E-state index is 13.9. The van der Waals surface area contributed by atoms with Crippen LogP contribution in [0, 0.1) is 5.82 Å². The standard InChI is InChI=1S/C15H23FN2O3S/c1-13(14-5-3-4-6-15(14)16)17-7-9-18(10-8-17)22(19,20)12-11-21-2/h3-6,13H,7-12H2,1-2H3/t13-/m0/s1. The van der Waals surface area contributed by atoms with Crippen molar-refractivity contribution in [3.63, 3.8) is 0 Å². The van der Waals surface area contributed by atoms with Gasteiger partial charge in [-0.25, -0.2) is 12.8 Å². The van der Waals surface area contributed by atoms with Crippen LogP contribution in [0.5, 0.6) is 0 Å². The van der Waals surface area contributed by atoms with Crippen LogP contribution in [0.15, 0.2) is 24.3 Å². The van der Waals surface area contributed by atoms with Crippen LogP contribution < -0.4 is 0 Å². The Bertz CT molecular complexity index is 586. The van der Waals surface area contributed by atoms with Gasteiger partial charge in [-0.15, -0.1) is 0 Å². The Kier molecular flexibility index (Phi) is 5.91. The average Bonchev–Trinajstić information content (AvgIpc) is 2.53. The Morgan fingerprint density at radius 1 is 1.23 bits per heavy atom. The minimum Gasteiger partial charge on any atom is -0.384 e. The summed E-state index contributed by atoms with van der Waals surface area (Å²) in [5.74, 6) is -0.211. The molecular weight excluding hydrogens is 307 g/mol. The molecule has 1 saturated heterocycles. The zero-order chi connectivity index (χ0) is 16.2. The van der Waals surface area contributed by atoms with Gasteiger partial charge in [-0.2, -0.15) is 4.31 Å². The van der Waals surface area contributed by atoms with Gasteiger partial charge in [-0.1, -0.05) is 18.2 Å². The van der Waals surface area contributed by atoms with Crippen LogP contribution in [0.25, 0.3) is 0 Å².